The maximum absolute atomic E-state index is 14.1. The summed E-state index contributed by atoms with van der Waals surface area (Å²) in [5, 5.41) is 4.54. The summed E-state index contributed by atoms with van der Waals surface area (Å²) in [6.07, 6.45) is 0. The molecule has 39 heavy (non-hydrogen) atoms. The third-order valence-electron chi connectivity index (χ3n) is 6.66. The van der Waals surface area contributed by atoms with Crippen LogP contribution in [0.5, 0.6) is 0 Å². The largest absolute Gasteiger partial charge is 0.320 e. The highest BCUT2D eigenvalue weighted by molar-refractivity contribution is 8.01. The van der Waals surface area contributed by atoms with Gasteiger partial charge in [-0.2, -0.15) is 0 Å². The third kappa shape index (κ3) is 5.89. The van der Waals surface area contributed by atoms with Crippen molar-refractivity contribution in [3.8, 4) is 0 Å². The van der Waals surface area contributed by atoms with Gasteiger partial charge < -0.3 is 15.5 Å². The van der Waals surface area contributed by atoms with Crippen molar-refractivity contribution in [3.05, 3.63) is 131 Å². The van der Waals surface area contributed by atoms with E-state index in [1.165, 1.54) is 16.7 Å². The minimum Gasteiger partial charge on any atom is -0.317 e. The molecule has 0 aromatic heterocycles. The van der Waals surface area contributed by atoms with E-state index in [4.69, 9.17) is 0 Å². The number of fused-ring (bicyclic) bond motifs is 1. The van der Waals surface area contributed by atoms with Gasteiger partial charge in [-0.05, 0) is 54.3 Å². The number of Topliss-reactive ketones (excluding diaryl/α,β-unsaturated/α-hetero) is 1. The van der Waals surface area contributed by atoms with Crippen LogP contribution in [0.1, 0.15) is 37.9 Å². The highest BCUT2D eigenvalue weighted by atomic mass is 32.2. The fraction of sp³-hybridized carbons (Fsp3) is 0.156. The molecule has 2 atom stereocenters. The highest BCUT2D eigenvalue weighted by Gasteiger charge is 2.38. The monoisotopic (exact) mass is 535 g/mol. The minimum absolute atomic E-state index is 0.138. The summed E-state index contributed by atoms with van der Waals surface area (Å²) in [4.78, 5) is 42.1. The van der Waals surface area contributed by atoms with Crippen molar-refractivity contribution in [1.82, 2.24) is 5.32 Å². The Morgan fingerprint density at radius 1 is 0.846 bits per heavy atom. The molecule has 0 aliphatic carbocycles. The van der Waals surface area contributed by atoms with Crippen molar-refractivity contribution in [2.45, 2.75) is 24.5 Å². The molecule has 0 saturated carbocycles. The minimum atomic E-state index is -0.933. The van der Waals surface area contributed by atoms with Gasteiger partial charge in [-0.15, -0.1) is 11.8 Å². The van der Waals surface area contributed by atoms with Gasteiger partial charge in [0.25, 0.3) is 5.91 Å². The lowest BCUT2D eigenvalue weighted by atomic mass is 10.0. The average molecular weight is 536 g/mol. The van der Waals surface area contributed by atoms with E-state index in [0.29, 0.717) is 16.9 Å². The van der Waals surface area contributed by atoms with Crippen molar-refractivity contribution in [3.63, 3.8) is 0 Å². The Labute approximate surface area is 232 Å². The fourth-order valence-electron chi connectivity index (χ4n) is 4.75. The molecule has 4 aromatic carbocycles. The van der Waals surface area contributed by atoms with Crippen LogP contribution >= 0.6 is 11.8 Å². The van der Waals surface area contributed by atoms with E-state index < -0.39 is 11.4 Å². The second-order valence-electron chi connectivity index (χ2n) is 9.50. The zero-order chi connectivity index (χ0) is 27.4. The van der Waals surface area contributed by atoms with E-state index in [-0.39, 0.29) is 23.5 Å². The molecule has 196 valence electrons. The normalized spacial score (nSPS) is 16.7. The first-order chi connectivity index (χ1) is 18.9. The summed E-state index contributed by atoms with van der Waals surface area (Å²) in [6, 6.07) is 31.8. The summed E-state index contributed by atoms with van der Waals surface area (Å²) >= 11 is 1.35. The van der Waals surface area contributed by atoms with Crippen molar-refractivity contribution in [2.24, 2.45) is 0 Å². The number of nitrogens with one attached hydrogen (secondary N) is 2. The van der Waals surface area contributed by atoms with Gasteiger partial charge in [-0.25, -0.2) is 4.79 Å². The molecule has 6 nitrogen and oxygen atoms in total. The lowest BCUT2D eigenvalue weighted by Gasteiger charge is -2.25. The van der Waals surface area contributed by atoms with Gasteiger partial charge in [-0.1, -0.05) is 84.9 Å². The van der Waals surface area contributed by atoms with Crippen LogP contribution in [0.3, 0.4) is 0 Å². The number of para-hydroxylation sites is 1. The van der Waals surface area contributed by atoms with E-state index in [2.05, 4.69) is 10.6 Å². The van der Waals surface area contributed by atoms with Crippen molar-refractivity contribution in [1.29, 1.82) is 0 Å². The van der Waals surface area contributed by atoms with Gasteiger partial charge in [0.05, 0.1) is 11.8 Å². The molecular weight excluding hydrogens is 506 g/mol. The molecule has 1 aliphatic heterocycles. The molecule has 1 heterocycles. The maximum atomic E-state index is 14.1. The van der Waals surface area contributed by atoms with Gasteiger partial charge in [0.1, 0.15) is 0 Å². The molecule has 0 spiro atoms. The Balaban J connectivity index is 1.51. The molecule has 3 amide bonds. The number of carbonyl (C=O) groups is 3. The molecule has 0 fully saturated rings. The number of rotatable bonds is 6. The number of ketones is 1. The number of aryl methyl sites for hydroxylation is 2. The summed E-state index contributed by atoms with van der Waals surface area (Å²) in [6.45, 7) is 3.69. The number of anilines is 2. The standard InChI is InChI=1S/C32H29N3O3S/c1-21-11-10-15-24(19-21)33-32(38)34-30-31(37)35(20-28(36)25-16-7-6-12-22(25)2)27-18-9-8-17-26(27)29(39-30)23-13-4-3-5-14-23/h3-19,29-30H,20H2,1-2H3,(H2,33,34,38). The van der Waals surface area contributed by atoms with Crippen LogP contribution in [0.15, 0.2) is 103 Å². The molecule has 1 aliphatic rings. The number of carbonyl (C=O) groups excluding carboxylic acids is 3. The molecule has 2 unspecified atom stereocenters. The molecule has 7 heteroatoms. The van der Waals surface area contributed by atoms with Crippen LogP contribution in [-0.2, 0) is 4.79 Å². The molecule has 2 N–H and O–H groups in total. The average Bonchev–Trinajstić information content (AvgIpc) is 3.04. The lowest BCUT2D eigenvalue weighted by Crippen LogP contribution is -2.49. The number of nitrogens with zero attached hydrogens (tertiary/aromatic N) is 1. The van der Waals surface area contributed by atoms with Gasteiger partial charge in [0.15, 0.2) is 11.2 Å². The quantitative estimate of drug-likeness (QED) is 0.276. The predicted octanol–water partition coefficient (Wildman–Crippen LogP) is 6.50. The third-order valence-corrected chi connectivity index (χ3v) is 8.05. The van der Waals surface area contributed by atoms with Crippen LogP contribution in [0.25, 0.3) is 0 Å². The van der Waals surface area contributed by atoms with E-state index in [1.54, 1.807) is 12.1 Å². The first-order valence-corrected chi connectivity index (χ1v) is 13.7. The highest BCUT2D eigenvalue weighted by Crippen LogP contribution is 2.45. The predicted molar refractivity (Wildman–Crippen MR) is 157 cm³/mol. The van der Waals surface area contributed by atoms with E-state index >= 15 is 0 Å². The number of amides is 3. The second kappa shape index (κ2) is 11.6. The number of thioether (sulfide) groups is 1. The Hall–Kier alpha value is -4.36. The summed E-state index contributed by atoms with van der Waals surface area (Å²) < 4.78 is 0. The van der Waals surface area contributed by atoms with Gasteiger partial charge in [0, 0.05) is 16.9 Å². The van der Waals surface area contributed by atoms with Crippen LogP contribution < -0.4 is 15.5 Å². The van der Waals surface area contributed by atoms with Crippen molar-refractivity contribution in [2.75, 3.05) is 16.8 Å². The number of benzene rings is 4. The van der Waals surface area contributed by atoms with Crippen molar-refractivity contribution < 1.29 is 14.4 Å². The SMILES string of the molecule is Cc1cccc(NC(=O)NC2SC(c3ccccc3)c3ccccc3N(CC(=O)c3ccccc3C)C2=O)c1. The summed E-state index contributed by atoms with van der Waals surface area (Å²) in [7, 11) is 0. The second-order valence-corrected chi connectivity index (χ2v) is 10.7. The zero-order valence-electron chi connectivity index (χ0n) is 21.8. The fourth-order valence-corrected chi connectivity index (χ4v) is 6.10. The van der Waals surface area contributed by atoms with Crippen LogP contribution in [-0.4, -0.2) is 29.6 Å². The van der Waals surface area contributed by atoms with E-state index in [9.17, 15) is 14.4 Å². The molecule has 5 rings (SSSR count). The lowest BCUT2D eigenvalue weighted by molar-refractivity contribution is -0.118. The van der Waals surface area contributed by atoms with Crippen LogP contribution in [0.2, 0.25) is 0 Å². The Bertz CT molecular complexity index is 1520. The summed E-state index contributed by atoms with van der Waals surface area (Å²) in [5.41, 5.74) is 5.63. The number of hydrogen-bond donors (Lipinski definition) is 2. The molecule has 4 aromatic rings. The molecule has 0 saturated heterocycles. The van der Waals surface area contributed by atoms with Crippen molar-refractivity contribution >= 4 is 40.9 Å². The maximum Gasteiger partial charge on any atom is 0.320 e. The first-order valence-electron chi connectivity index (χ1n) is 12.7. The number of urea groups is 1. The topological polar surface area (TPSA) is 78.5 Å². The Morgan fingerprint density at radius 3 is 2.33 bits per heavy atom. The Morgan fingerprint density at radius 2 is 1.56 bits per heavy atom. The van der Waals surface area contributed by atoms with Crippen LogP contribution in [0.4, 0.5) is 16.2 Å². The zero-order valence-corrected chi connectivity index (χ0v) is 22.6. The summed E-state index contributed by atoms with van der Waals surface area (Å²) in [5.74, 6) is -0.519. The van der Waals surface area contributed by atoms with Gasteiger partial charge in [-0.3, -0.25) is 9.59 Å². The van der Waals surface area contributed by atoms with Gasteiger partial charge >= 0.3 is 6.03 Å². The first kappa shape index (κ1) is 26.3. The molecular formula is C32H29N3O3S. The van der Waals surface area contributed by atoms with E-state index in [0.717, 1.165) is 22.3 Å². The number of hydrogen-bond acceptors (Lipinski definition) is 4. The smallest absolute Gasteiger partial charge is 0.317 e. The van der Waals surface area contributed by atoms with Crippen LogP contribution in [0, 0.1) is 13.8 Å². The van der Waals surface area contributed by atoms with E-state index in [1.807, 2.05) is 105 Å². The molecule has 0 bridgehead atoms. The van der Waals surface area contributed by atoms with Gasteiger partial charge in [0.2, 0.25) is 0 Å². The Kier molecular flexibility index (Phi) is 7.79. The molecule has 0 radical (unpaired) electrons.